The second-order valence-corrected chi connectivity index (χ2v) is 10.1. The second kappa shape index (κ2) is 7.95. The minimum atomic E-state index is -4.22. The number of hydrogen-bond acceptors (Lipinski definition) is 6. The summed E-state index contributed by atoms with van der Waals surface area (Å²) in [5.41, 5.74) is 0. The lowest BCUT2D eigenvalue weighted by atomic mass is 10.4. The van der Waals surface area contributed by atoms with Crippen molar-refractivity contribution in [2.24, 2.45) is 0 Å². The van der Waals surface area contributed by atoms with Gasteiger partial charge in [0.1, 0.15) is 9.16 Å². The Hall–Kier alpha value is 0.520. The first-order valence-electron chi connectivity index (χ1n) is 5.37. The Morgan fingerprint density at radius 3 is 1.28 bits per heavy atom. The van der Waals surface area contributed by atoms with E-state index in [4.69, 9.17) is 9.11 Å². The van der Waals surface area contributed by atoms with Gasteiger partial charge in [0, 0.05) is 0 Å². The first kappa shape index (κ1) is 18.5. The molecule has 6 nitrogen and oxygen atoms in total. The molecule has 2 N–H and O–H groups in total. The highest BCUT2D eigenvalue weighted by Gasteiger charge is 2.29. The fourth-order valence-corrected chi connectivity index (χ4v) is 7.79. The molecule has 2 unspecified atom stereocenters. The summed E-state index contributed by atoms with van der Waals surface area (Å²) >= 11 is 0. The van der Waals surface area contributed by atoms with Crippen molar-refractivity contribution in [3.8, 4) is 0 Å². The Balaban J connectivity index is 4.67. The Bertz CT molecular complexity index is 387. The highest BCUT2D eigenvalue weighted by Crippen LogP contribution is 2.38. The van der Waals surface area contributed by atoms with Gasteiger partial charge in [-0.2, -0.15) is 16.8 Å². The van der Waals surface area contributed by atoms with Gasteiger partial charge in [0.2, 0.25) is 0 Å². The third-order valence-corrected chi connectivity index (χ3v) is 9.29. The molecule has 2 atom stereocenters. The molecule has 0 aliphatic rings. The van der Waals surface area contributed by atoms with Crippen molar-refractivity contribution in [3.63, 3.8) is 0 Å². The fourth-order valence-electron chi connectivity index (χ4n) is 1.09. The van der Waals surface area contributed by atoms with E-state index in [0.29, 0.717) is 12.8 Å². The van der Waals surface area contributed by atoms with Crippen LogP contribution < -0.4 is 0 Å². The van der Waals surface area contributed by atoms with Gasteiger partial charge >= 0.3 is 0 Å². The van der Waals surface area contributed by atoms with E-state index in [0.717, 1.165) is 21.6 Å². The molecule has 0 saturated heterocycles. The summed E-state index contributed by atoms with van der Waals surface area (Å²) in [5, 5.41) is 0. The van der Waals surface area contributed by atoms with E-state index >= 15 is 0 Å². The van der Waals surface area contributed by atoms with Crippen LogP contribution in [0, 0.1) is 0 Å². The second-order valence-electron chi connectivity index (χ2n) is 3.66. The molecule has 10 heteroatoms. The molecule has 0 aliphatic heterocycles. The summed E-state index contributed by atoms with van der Waals surface area (Å²) < 4.78 is 60.0. The highest BCUT2D eigenvalue weighted by molar-refractivity contribution is 8.79. The van der Waals surface area contributed by atoms with Gasteiger partial charge in [0.05, 0.1) is 0 Å². The van der Waals surface area contributed by atoms with Crippen LogP contribution in [0.5, 0.6) is 0 Å². The molecule has 0 radical (unpaired) electrons. The third kappa shape index (κ3) is 7.19. The van der Waals surface area contributed by atoms with Gasteiger partial charge in [-0.25, -0.2) is 0 Å². The van der Waals surface area contributed by atoms with Gasteiger partial charge in [-0.1, -0.05) is 48.3 Å². The molecule has 0 amide bonds. The van der Waals surface area contributed by atoms with E-state index in [-0.39, 0.29) is 12.8 Å². The van der Waals surface area contributed by atoms with Crippen LogP contribution in [0.2, 0.25) is 0 Å². The topological polar surface area (TPSA) is 109 Å². The maximum absolute atomic E-state index is 11.1. The first-order chi connectivity index (χ1) is 8.12. The largest absolute Gasteiger partial charge is 0.285 e. The monoisotopic (exact) mass is 338 g/mol. The van der Waals surface area contributed by atoms with Gasteiger partial charge in [-0.15, -0.1) is 0 Å². The van der Waals surface area contributed by atoms with Crippen molar-refractivity contribution in [1.29, 1.82) is 0 Å². The van der Waals surface area contributed by atoms with Crippen molar-refractivity contribution in [3.05, 3.63) is 0 Å². The molecular formula is C8H18O6S4. The van der Waals surface area contributed by atoms with Crippen molar-refractivity contribution in [2.45, 2.75) is 48.7 Å². The van der Waals surface area contributed by atoms with Crippen LogP contribution in [0.3, 0.4) is 0 Å². The summed E-state index contributed by atoms with van der Waals surface area (Å²) in [6.45, 7) is 3.52. The highest BCUT2D eigenvalue weighted by atomic mass is 33.1. The number of rotatable bonds is 9. The molecular weight excluding hydrogens is 320 g/mol. The standard InChI is InChI=1S/C8H18O6S4/c1-3-5-7(17(9,10)11)15-16-8(6-4-2)18(12,13)14/h7-8H,3-6H2,1-2H3,(H,9,10,11)(H,12,13,14). The zero-order valence-corrected chi connectivity index (χ0v) is 13.4. The van der Waals surface area contributed by atoms with Gasteiger partial charge in [0.25, 0.3) is 20.2 Å². The summed E-state index contributed by atoms with van der Waals surface area (Å²) in [7, 11) is -6.90. The molecule has 0 heterocycles. The average molecular weight is 338 g/mol. The van der Waals surface area contributed by atoms with Crippen LogP contribution in [0.15, 0.2) is 0 Å². The molecule has 110 valence electrons. The summed E-state index contributed by atoms with van der Waals surface area (Å²) in [6.07, 6.45) is 1.53. The van der Waals surface area contributed by atoms with E-state index in [1.165, 1.54) is 0 Å². The molecule has 0 aliphatic carbocycles. The van der Waals surface area contributed by atoms with Crippen molar-refractivity contribution in [2.75, 3.05) is 0 Å². The van der Waals surface area contributed by atoms with Gasteiger partial charge in [-0.3, -0.25) is 9.11 Å². The summed E-state index contributed by atoms with van der Waals surface area (Å²) in [5.74, 6) is 0. The van der Waals surface area contributed by atoms with E-state index in [1.54, 1.807) is 13.8 Å². The van der Waals surface area contributed by atoms with Crippen LogP contribution in [0.4, 0.5) is 0 Å². The molecule has 0 aromatic carbocycles. The molecule has 0 aromatic rings. The van der Waals surface area contributed by atoms with Crippen LogP contribution in [0.1, 0.15) is 39.5 Å². The van der Waals surface area contributed by atoms with Crippen molar-refractivity contribution in [1.82, 2.24) is 0 Å². The fraction of sp³-hybridized carbons (Fsp3) is 1.00. The third-order valence-electron chi connectivity index (χ3n) is 1.98. The molecule has 0 fully saturated rings. The van der Waals surface area contributed by atoms with Gasteiger partial charge < -0.3 is 0 Å². The predicted molar refractivity (Wildman–Crippen MR) is 75.7 cm³/mol. The molecule has 0 saturated carbocycles. The molecule has 18 heavy (non-hydrogen) atoms. The minimum absolute atomic E-state index is 0.223. The number of hydrogen-bond donors (Lipinski definition) is 2. The van der Waals surface area contributed by atoms with Crippen LogP contribution in [-0.2, 0) is 20.2 Å². The smallest absolute Gasteiger partial charge is 0.278 e. The molecule has 0 aromatic heterocycles. The SMILES string of the molecule is CCCC(SSC(CCC)S(=O)(=O)O)S(=O)(=O)O. The Morgan fingerprint density at radius 1 is 0.833 bits per heavy atom. The van der Waals surface area contributed by atoms with Gasteiger partial charge in [0.15, 0.2) is 0 Å². The summed E-state index contributed by atoms with van der Waals surface area (Å²) in [4.78, 5) is 0. The van der Waals surface area contributed by atoms with Crippen LogP contribution >= 0.6 is 21.6 Å². The molecule has 0 rings (SSSR count). The Labute approximate surface area is 116 Å². The summed E-state index contributed by atoms with van der Waals surface area (Å²) in [6, 6.07) is 0. The maximum Gasteiger partial charge on any atom is 0.278 e. The maximum atomic E-state index is 11.1. The van der Waals surface area contributed by atoms with E-state index in [2.05, 4.69) is 0 Å². The lowest BCUT2D eigenvalue weighted by Gasteiger charge is -2.16. The zero-order chi connectivity index (χ0) is 14.4. The lowest BCUT2D eigenvalue weighted by Crippen LogP contribution is -2.19. The Morgan fingerprint density at radius 2 is 1.11 bits per heavy atom. The average Bonchev–Trinajstić information content (AvgIpc) is 2.18. The molecule has 0 spiro atoms. The van der Waals surface area contributed by atoms with E-state index < -0.39 is 29.4 Å². The van der Waals surface area contributed by atoms with Crippen LogP contribution in [0.25, 0.3) is 0 Å². The minimum Gasteiger partial charge on any atom is -0.285 e. The predicted octanol–water partition coefficient (Wildman–Crippen LogP) is 2.40. The van der Waals surface area contributed by atoms with Crippen molar-refractivity contribution < 1.29 is 25.9 Å². The van der Waals surface area contributed by atoms with E-state index in [9.17, 15) is 16.8 Å². The zero-order valence-electron chi connectivity index (χ0n) is 10.1. The normalized spacial score (nSPS) is 16.4. The van der Waals surface area contributed by atoms with E-state index in [1.807, 2.05) is 0 Å². The Kier molecular flexibility index (Phi) is 8.18. The quantitative estimate of drug-likeness (QED) is 0.487. The first-order valence-corrected chi connectivity index (χ1v) is 10.7. The van der Waals surface area contributed by atoms with Crippen molar-refractivity contribution >= 4 is 41.8 Å². The molecule has 0 bridgehead atoms. The van der Waals surface area contributed by atoms with Gasteiger partial charge in [-0.05, 0) is 12.8 Å². The lowest BCUT2D eigenvalue weighted by molar-refractivity contribution is 0.474. The van der Waals surface area contributed by atoms with Crippen LogP contribution in [-0.4, -0.2) is 35.1 Å².